The number of aliphatic imine (C=N–C) groups is 1. The molecular weight excluding hydrogens is 727 g/mol. The van der Waals surface area contributed by atoms with Gasteiger partial charge in [-0.25, -0.2) is 13.8 Å². The highest BCUT2D eigenvalue weighted by Crippen LogP contribution is 2.45. The summed E-state index contributed by atoms with van der Waals surface area (Å²) in [4.78, 5) is 19.8. The molecule has 1 aromatic heterocycles. The second kappa shape index (κ2) is 18.9. The maximum absolute atomic E-state index is 17.4. The first kappa shape index (κ1) is 44.6. The van der Waals surface area contributed by atoms with E-state index in [9.17, 15) is 15.2 Å². The summed E-state index contributed by atoms with van der Waals surface area (Å²) in [5, 5.41) is 22.3. The maximum atomic E-state index is 17.4. The highest BCUT2D eigenvalue weighted by Gasteiger charge is 2.47. The van der Waals surface area contributed by atoms with Gasteiger partial charge in [0.1, 0.15) is 30.0 Å². The van der Waals surface area contributed by atoms with Gasteiger partial charge >= 0.3 is 0 Å². The van der Waals surface area contributed by atoms with E-state index in [1.165, 1.54) is 36.5 Å². The number of ketones is 1. The number of ether oxygens (including phenoxy) is 1. The number of nitrogens with zero attached hydrogens (tertiary/aromatic N) is 4. The summed E-state index contributed by atoms with van der Waals surface area (Å²) >= 11 is 1.20. The first-order chi connectivity index (χ1) is 26.4. The lowest BCUT2D eigenvalue weighted by Crippen LogP contribution is -2.42. The van der Waals surface area contributed by atoms with Crippen LogP contribution in [0.25, 0.3) is 15.7 Å². The van der Waals surface area contributed by atoms with Crippen LogP contribution in [0.2, 0.25) is 0 Å². The molecule has 5 rings (SSSR count). The zero-order valence-electron chi connectivity index (χ0n) is 35.2. The summed E-state index contributed by atoms with van der Waals surface area (Å²) in [5.41, 5.74) is 1.53. The van der Waals surface area contributed by atoms with Crippen LogP contribution in [-0.2, 0) is 9.53 Å². The number of allylic oxidation sites excluding steroid dienone is 6. The molecule has 0 bridgehead atoms. The van der Waals surface area contributed by atoms with E-state index in [-0.39, 0.29) is 56.5 Å². The second-order valence-corrected chi connectivity index (χ2v) is 17.7. The number of fused-ring (bicyclic) bond motifs is 2. The molecule has 1 aliphatic carbocycles. The Balaban J connectivity index is 0.00000131. The van der Waals surface area contributed by atoms with Crippen LogP contribution in [-0.4, -0.2) is 64.7 Å². The Hall–Kier alpha value is -4.07. The summed E-state index contributed by atoms with van der Waals surface area (Å²) in [6, 6.07) is 5.14. The van der Waals surface area contributed by atoms with E-state index in [1.807, 2.05) is 27.8 Å². The molecule has 0 radical (unpaired) electrons. The Morgan fingerprint density at radius 2 is 1.91 bits per heavy atom. The Bertz CT molecular complexity index is 1980. The van der Waals surface area contributed by atoms with Crippen molar-refractivity contribution in [3.05, 3.63) is 88.0 Å². The Morgan fingerprint density at radius 3 is 2.50 bits per heavy atom. The molecule has 1 aromatic carbocycles. The van der Waals surface area contributed by atoms with Crippen molar-refractivity contribution in [1.29, 1.82) is 5.26 Å². The van der Waals surface area contributed by atoms with Gasteiger partial charge in [0.15, 0.2) is 11.6 Å². The summed E-state index contributed by atoms with van der Waals surface area (Å²) < 4.78 is 39.2. The molecule has 56 heavy (non-hydrogen) atoms. The van der Waals surface area contributed by atoms with Gasteiger partial charge in [-0.1, -0.05) is 67.5 Å². The number of benzene rings is 1. The average Bonchev–Trinajstić information content (AvgIpc) is 3.83. The smallest absolute Gasteiger partial charge is 0.206 e. The molecule has 4 atom stereocenters. The number of thiophene rings is 1. The summed E-state index contributed by atoms with van der Waals surface area (Å²) in [5.74, 6) is -0.0224. The van der Waals surface area contributed by atoms with Gasteiger partial charge in [-0.15, -0.1) is 11.3 Å². The molecule has 1 N–H and O–H groups in total. The number of rotatable bonds is 14. The van der Waals surface area contributed by atoms with E-state index in [2.05, 4.69) is 63.6 Å². The van der Waals surface area contributed by atoms with Crippen LogP contribution < -0.4 is 0 Å². The first-order valence-corrected chi connectivity index (χ1v) is 20.9. The van der Waals surface area contributed by atoms with Crippen molar-refractivity contribution in [3.8, 4) is 6.07 Å². The number of hydrogen-bond acceptors (Lipinski definition) is 8. The van der Waals surface area contributed by atoms with E-state index >= 15 is 8.78 Å². The fourth-order valence-corrected chi connectivity index (χ4v) is 9.64. The quantitative estimate of drug-likeness (QED) is 0.151. The van der Waals surface area contributed by atoms with E-state index in [1.54, 1.807) is 6.08 Å². The van der Waals surface area contributed by atoms with Crippen molar-refractivity contribution in [3.63, 3.8) is 0 Å². The van der Waals surface area contributed by atoms with E-state index < -0.39 is 11.6 Å². The molecule has 7 nitrogen and oxygen atoms in total. The van der Waals surface area contributed by atoms with Gasteiger partial charge in [0.2, 0.25) is 5.88 Å². The normalized spacial score (nSPS) is 22.4. The molecule has 3 aliphatic rings. The van der Waals surface area contributed by atoms with Crippen LogP contribution in [0, 0.1) is 34.9 Å². The van der Waals surface area contributed by atoms with Gasteiger partial charge in [-0.3, -0.25) is 9.69 Å². The molecule has 2 saturated heterocycles. The molecule has 10 heteroatoms. The van der Waals surface area contributed by atoms with Crippen LogP contribution >= 0.6 is 11.3 Å². The number of hydrogen-bond donors (Lipinski definition) is 1. The fraction of sp³-hybridized carbons (Fsp3) is 0.543. The highest BCUT2D eigenvalue weighted by molar-refractivity contribution is 7.19. The van der Waals surface area contributed by atoms with Crippen LogP contribution in [0.5, 0.6) is 0 Å². The van der Waals surface area contributed by atoms with Crippen molar-refractivity contribution in [2.45, 2.75) is 118 Å². The van der Waals surface area contributed by atoms with Crippen LogP contribution in [0.15, 0.2) is 71.2 Å². The van der Waals surface area contributed by atoms with Gasteiger partial charge in [0.25, 0.3) is 0 Å². The van der Waals surface area contributed by atoms with Crippen molar-refractivity contribution in [2.75, 3.05) is 26.7 Å². The van der Waals surface area contributed by atoms with E-state index in [0.717, 1.165) is 57.3 Å². The molecule has 0 amide bonds. The van der Waals surface area contributed by atoms with Gasteiger partial charge in [0, 0.05) is 41.2 Å². The van der Waals surface area contributed by atoms with Crippen LogP contribution in [0.1, 0.15) is 123 Å². The lowest BCUT2D eigenvalue weighted by molar-refractivity contribution is -0.112. The minimum Gasteiger partial charge on any atom is -0.507 e. The zero-order chi connectivity index (χ0) is 41.6. The van der Waals surface area contributed by atoms with Crippen LogP contribution in [0.4, 0.5) is 8.78 Å². The number of carbonyl (C=O) groups excluding carboxylic acids is 1. The van der Waals surface area contributed by atoms with Crippen molar-refractivity contribution < 1.29 is 23.4 Å². The molecule has 0 spiro atoms. The molecular formula is C46H62F2N4O3S. The molecule has 2 fully saturated rings. The monoisotopic (exact) mass is 788 g/mol. The number of carbonyl (C=O) groups is 1. The zero-order valence-corrected chi connectivity index (χ0v) is 36.0. The fourth-order valence-electron chi connectivity index (χ4n) is 8.45. The van der Waals surface area contributed by atoms with Crippen molar-refractivity contribution in [1.82, 2.24) is 9.80 Å². The van der Waals surface area contributed by atoms with Crippen molar-refractivity contribution in [2.24, 2.45) is 22.7 Å². The minimum atomic E-state index is -0.771. The molecule has 2 aliphatic heterocycles. The molecule has 2 aromatic rings. The first-order valence-electron chi connectivity index (χ1n) is 20.1. The topological polar surface area (TPSA) is 89.2 Å². The second-order valence-electron chi connectivity index (χ2n) is 16.7. The summed E-state index contributed by atoms with van der Waals surface area (Å²) in [6.07, 6.45) is 9.16. The maximum Gasteiger partial charge on any atom is 0.206 e. The predicted octanol–water partition coefficient (Wildman–Crippen LogP) is 11.8. The van der Waals surface area contributed by atoms with Gasteiger partial charge < -0.3 is 14.7 Å². The van der Waals surface area contributed by atoms with Gasteiger partial charge in [0.05, 0.1) is 21.4 Å². The SMILES string of the molecule is C=C(/N=C1/C(F)=C(c2ccc(F)c3sc(C(C)C)c(C#N)c23)C(O)=C/C1=C(/C)N(C)C(CCC(C)CC)C(C)C)OCC12CCCN1CC(C)C2.C=CC(C)=O. The van der Waals surface area contributed by atoms with Crippen molar-refractivity contribution >= 4 is 38.5 Å². The van der Waals surface area contributed by atoms with Crippen LogP contribution in [0.3, 0.4) is 0 Å². The number of halogens is 2. The number of nitriles is 1. The summed E-state index contributed by atoms with van der Waals surface area (Å²) in [7, 11) is 2.02. The third-order valence-corrected chi connectivity index (χ3v) is 13.3. The molecule has 4 unspecified atom stereocenters. The lowest BCUT2D eigenvalue weighted by atomic mass is 9.87. The Kier molecular flexibility index (Phi) is 15.1. The number of aliphatic hydroxyl groups is 1. The molecule has 3 heterocycles. The largest absolute Gasteiger partial charge is 0.507 e. The van der Waals surface area contributed by atoms with E-state index in [4.69, 9.17) is 9.73 Å². The Morgan fingerprint density at radius 1 is 1.23 bits per heavy atom. The molecule has 0 saturated carbocycles. The molecule has 304 valence electrons. The third kappa shape index (κ3) is 9.54. The number of aliphatic hydroxyl groups excluding tert-OH is 1. The average molecular weight is 789 g/mol. The van der Waals surface area contributed by atoms with Gasteiger partial charge in [-0.05, 0) is 107 Å². The van der Waals surface area contributed by atoms with E-state index in [0.29, 0.717) is 45.8 Å². The lowest BCUT2D eigenvalue weighted by Gasteiger charge is -2.36. The minimum absolute atomic E-state index is 0.00237. The Labute approximate surface area is 337 Å². The highest BCUT2D eigenvalue weighted by atomic mass is 32.1. The van der Waals surface area contributed by atoms with Gasteiger partial charge in [-0.2, -0.15) is 5.26 Å². The predicted molar refractivity (Wildman–Crippen MR) is 228 cm³/mol. The standard InChI is InChI=1S/C42H56F2N4O2S.C4H6O/c1-11-26(6)13-16-34(24(2)3)47(10)28(8)31-19-35(49)37(30-14-15-33(43)41-36(30)32(21-45)40(51-41)25(4)5)38(44)39(31)46-29(9)50-23-42-17-12-18-48(42)22-27(7)20-42;1-3-4(2)5/h14-15,19,24-27,34,49H,9,11-13,16-18,20,22-23H2,1-8,10H3;3H,1H2,2H3/b31-28+,46-39+;. The summed E-state index contributed by atoms with van der Waals surface area (Å²) in [6.45, 7) is 28.3. The third-order valence-electron chi connectivity index (χ3n) is 11.8.